The van der Waals surface area contributed by atoms with Crippen LogP contribution in [0.5, 0.6) is 0 Å². The van der Waals surface area contributed by atoms with Crippen LogP contribution in [0.25, 0.3) is 0 Å². The van der Waals surface area contributed by atoms with E-state index in [1.54, 1.807) is 0 Å². The van der Waals surface area contributed by atoms with E-state index in [-0.39, 0.29) is 0 Å². The highest BCUT2D eigenvalue weighted by molar-refractivity contribution is 5.52. The number of hydrogen-bond acceptors (Lipinski definition) is 2. The highest BCUT2D eigenvalue weighted by Gasteiger charge is 2.13. The zero-order valence-corrected chi connectivity index (χ0v) is 7.88. The van der Waals surface area contributed by atoms with Crippen molar-refractivity contribution in [3.63, 3.8) is 0 Å². The summed E-state index contributed by atoms with van der Waals surface area (Å²) in [7, 11) is 0. The van der Waals surface area contributed by atoms with Gasteiger partial charge in [-0.1, -0.05) is 24.8 Å². The molecule has 1 aromatic carbocycles. The lowest BCUT2D eigenvalue weighted by Crippen LogP contribution is -2.31. The molecule has 2 heteroatoms. The van der Waals surface area contributed by atoms with Crippen LogP contribution in [-0.2, 0) is 6.54 Å². The maximum Gasteiger partial charge on any atom is 0.0876 e. The summed E-state index contributed by atoms with van der Waals surface area (Å²) in [5.41, 5.74) is 3.71. The minimum absolute atomic E-state index is 0.867. The van der Waals surface area contributed by atoms with Crippen LogP contribution in [0.2, 0.25) is 0 Å². The molecule has 0 atom stereocenters. The standard InChI is InChI=1S/C11H14N2/c1-9(2)13-7-10-5-3-4-6-11(10)12-8-13/h3-6,12H,1,7-8H2,2H3. The van der Waals surface area contributed by atoms with Gasteiger partial charge in [0.05, 0.1) is 6.67 Å². The van der Waals surface area contributed by atoms with Crippen LogP contribution in [0.3, 0.4) is 0 Å². The van der Waals surface area contributed by atoms with Gasteiger partial charge < -0.3 is 10.2 Å². The number of fused-ring (bicyclic) bond motifs is 1. The van der Waals surface area contributed by atoms with E-state index in [1.165, 1.54) is 11.3 Å². The van der Waals surface area contributed by atoms with E-state index < -0.39 is 0 Å². The normalized spacial score (nSPS) is 14.7. The molecule has 68 valence electrons. The summed E-state index contributed by atoms with van der Waals surface area (Å²) >= 11 is 0. The van der Waals surface area contributed by atoms with Gasteiger partial charge in [-0.25, -0.2) is 0 Å². The molecule has 1 aliphatic heterocycles. The quantitative estimate of drug-likeness (QED) is 0.703. The highest BCUT2D eigenvalue weighted by atomic mass is 15.2. The molecule has 1 heterocycles. The lowest BCUT2D eigenvalue weighted by molar-refractivity contribution is 0.352. The van der Waals surface area contributed by atoms with Crippen LogP contribution in [0.4, 0.5) is 5.69 Å². The molecular formula is C11H14N2. The van der Waals surface area contributed by atoms with Crippen molar-refractivity contribution in [3.8, 4) is 0 Å². The topological polar surface area (TPSA) is 15.3 Å². The maximum atomic E-state index is 3.94. The third-order valence-electron chi connectivity index (χ3n) is 2.38. The molecule has 0 spiro atoms. The summed E-state index contributed by atoms with van der Waals surface area (Å²) in [6.07, 6.45) is 0. The zero-order chi connectivity index (χ0) is 9.26. The van der Waals surface area contributed by atoms with Crippen LogP contribution in [-0.4, -0.2) is 11.6 Å². The minimum atomic E-state index is 0.867. The Balaban J connectivity index is 2.24. The number of nitrogens with one attached hydrogen (secondary N) is 1. The Hall–Kier alpha value is -1.44. The lowest BCUT2D eigenvalue weighted by atomic mass is 10.1. The smallest absolute Gasteiger partial charge is 0.0876 e. The molecule has 0 fully saturated rings. The Bertz CT molecular complexity index is 331. The number of anilines is 1. The van der Waals surface area contributed by atoms with Crippen LogP contribution in [0.15, 0.2) is 36.5 Å². The fraction of sp³-hybridized carbons (Fsp3) is 0.273. The van der Waals surface area contributed by atoms with Crippen LogP contribution < -0.4 is 5.32 Å². The van der Waals surface area contributed by atoms with Gasteiger partial charge in [-0.15, -0.1) is 0 Å². The molecule has 1 aliphatic rings. The number of allylic oxidation sites excluding steroid dienone is 1. The van der Waals surface area contributed by atoms with Crippen LogP contribution in [0.1, 0.15) is 12.5 Å². The summed E-state index contributed by atoms with van der Waals surface area (Å²) in [6, 6.07) is 8.40. The van der Waals surface area contributed by atoms with E-state index in [1.807, 2.05) is 6.92 Å². The second-order valence-electron chi connectivity index (χ2n) is 3.43. The maximum absolute atomic E-state index is 3.94. The average molecular weight is 174 g/mol. The van der Waals surface area contributed by atoms with Crippen molar-refractivity contribution in [2.24, 2.45) is 0 Å². The third-order valence-corrected chi connectivity index (χ3v) is 2.38. The van der Waals surface area contributed by atoms with Crippen LogP contribution in [0, 0.1) is 0 Å². The van der Waals surface area contributed by atoms with Crippen molar-refractivity contribution in [1.82, 2.24) is 4.90 Å². The molecule has 0 saturated heterocycles. The molecule has 0 aliphatic carbocycles. The Labute approximate surface area is 78.9 Å². The van der Waals surface area contributed by atoms with Crippen LogP contribution >= 0.6 is 0 Å². The van der Waals surface area contributed by atoms with Gasteiger partial charge >= 0.3 is 0 Å². The molecule has 0 radical (unpaired) electrons. The molecule has 0 bridgehead atoms. The minimum Gasteiger partial charge on any atom is -0.367 e. The van der Waals surface area contributed by atoms with E-state index in [4.69, 9.17) is 0 Å². The molecular weight excluding hydrogens is 160 g/mol. The van der Waals surface area contributed by atoms with Gasteiger partial charge in [0.2, 0.25) is 0 Å². The zero-order valence-electron chi connectivity index (χ0n) is 7.88. The van der Waals surface area contributed by atoms with Crippen molar-refractivity contribution in [3.05, 3.63) is 42.1 Å². The first-order valence-electron chi connectivity index (χ1n) is 4.49. The van der Waals surface area contributed by atoms with Crippen molar-refractivity contribution in [1.29, 1.82) is 0 Å². The lowest BCUT2D eigenvalue weighted by Gasteiger charge is -2.31. The summed E-state index contributed by atoms with van der Waals surface area (Å²) in [5, 5.41) is 3.36. The molecule has 0 aromatic heterocycles. The Morgan fingerprint density at radius 3 is 3.00 bits per heavy atom. The second-order valence-corrected chi connectivity index (χ2v) is 3.43. The number of para-hydroxylation sites is 1. The first kappa shape index (κ1) is 8.17. The van der Waals surface area contributed by atoms with Crippen molar-refractivity contribution < 1.29 is 0 Å². The summed E-state index contributed by atoms with van der Waals surface area (Å²) < 4.78 is 0. The fourth-order valence-electron chi connectivity index (χ4n) is 1.54. The second kappa shape index (κ2) is 3.13. The molecule has 2 nitrogen and oxygen atoms in total. The van der Waals surface area contributed by atoms with E-state index >= 15 is 0 Å². The van der Waals surface area contributed by atoms with Crippen molar-refractivity contribution >= 4 is 5.69 Å². The van der Waals surface area contributed by atoms with E-state index in [0.29, 0.717) is 0 Å². The van der Waals surface area contributed by atoms with E-state index in [2.05, 4.69) is 41.1 Å². The first-order chi connectivity index (χ1) is 6.27. The van der Waals surface area contributed by atoms with Crippen molar-refractivity contribution in [2.45, 2.75) is 13.5 Å². The number of benzene rings is 1. The molecule has 1 N–H and O–H groups in total. The monoisotopic (exact) mass is 174 g/mol. The van der Waals surface area contributed by atoms with Gasteiger partial charge in [-0.2, -0.15) is 0 Å². The molecule has 0 saturated carbocycles. The molecule has 2 rings (SSSR count). The molecule has 13 heavy (non-hydrogen) atoms. The largest absolute Gasteiger partial charge is 0.367 e. The van der Waals surface area contributed by atoms with Gasteiger partial charge in [0.15, 0.2) is 0 Å². The third kappa shape index (κ3) is 1.52. The van der Waals surface area contributed by atoms with Gasteiger partial charge in [0, 0.05) is 17.9 Å². The van der Waals surface area contributed by atoms with Gasteiger partial charge in [-0.05, 0) is 18.6 Å². The van der Waals surface area contributed by atoms with E-state index in [0.717, 1.165) is 18.9 Å². The predicted molar refractivity (Wildman–Crippen MR) is 55.3 cm³/mol. The van der Waals surface area contributed by atoms with Gasteiger partial charge in [0.25, 0.3) is 0 Å². The Morgan fingerprint density at radius 1 is 1.46 bits per heavy atom. The molecule has 0 amide bonds. The summed E-state index contributed by atoms with van der Waals surface area (Å²) in [5.74, 6) is 0. The first-order valence-corrected chi connectivity index (χ1v) is 4.49. The fourth-order valence-corrected chi connectivity index (χ4v) is 1.54. The molecule has 1 aromatic rings. The van der Waals surface area contributed by atoms with E-state index in [9.17, 15) is 0 Å². The number of nitrogens with zero attached hydrogens (tertiary/aromatic N) is 1. The number of rotatable bonds is 1. The SMILES string of the molecule is C=C(C)N1CNc2ccccc2C1. The Kier molecular flexibility index (Phi) is 1.97. The summed E-state index contributed by atoms with van der Waals surface area (Å²) in [4.78, 5) is 2.22. The summed E-state index contributed by atoms with van der Waals surface area (Å²) in [6.45, 7) is 7.81. The molecule has 0 unspecified atom stereocenters. The predicted octanol–water partition coefficient (Wildman–Crippen LogP) is 2.41. The van der Waals surface area contributed by atoms with Crippen molar-refractivity contribution in [2.75, 3.05) is 12.0 Å². The van der Waals surface area contributed by atoms with Gasteiger partial charge in [0.1, 0.15) is 0 Å². The Morgan fingerprint density at radius 2 is 2.23 bits per heavy atom. The highest BCUT2D eigenvalue weighted by Crippen LogP contribution is 2.22. The average Bonchev–Trinajstić information content (AvgIpc) is 2.17. The number of hydrogen-bond donors (Lipinski definition) is 1. The van der Waals surface area contributed by atoms with Gasteiger partial charge in [-0.3, -0.25) is 0 Å².